The Morgan fingerprint density at radius 3 is 1.87 bits per heavy atom. The van der Waals surface area contributed by atoms with E-state index in [0.717, 1.165) is 64.8 Å². The summed E-state index contributed by atoms with van der Waals surface area (Å²) in [7, 11) is 3.39. The molecule has 0 saturated heterocycles. The van der Waals surface area contributed by atoms with Crippen molar-refractivity contribution in [1.82, 2.24) is 0 Å². The molecule has 4 aromatic carbocycles. The fourth-order valence-electron chi connectivity index (χ4n) is 5.30. The number of hydrogen-bond donors (Lipinski definition) is 0. The average molecular weight is 506 g/mol. The smallest absolute Gasteiger partial charge is 0.162 e. The van der Waals surface area contributed by atoms with E-state index in [2.05, 4.69) is 48.5 Å². The SMILES string of the molecule is COc1cc2c(cc1OCc1ccccc1)C(C1Cc3cc(OC)c(OCc4ccccc4)cc31)=NCC2. The van der Waals surface area contributed by atoms with E-state index in [9.17, 15) is 0 Å². The number of benzene rings is 4. The van der Waals surface area contributed by atoms with Crippen LogP contribution in [0, 0.1) is 0 Å². The first kappa shape index (κ1) is 24.1. The topological polar surface area (TPSA) is 49.3 Å². The van der Waals surface area contributed by atoms with Crippen LogP contribution in [0.2, 0.25) is 0 Å². The first-order valence-corrected chi connectivity index (χ1v) is 13.0. The predicted octanol–water partition coefficient (Wildman–Crippen LogP) is 6.55. The maximum absolute atomic E-state index is 6.24. The summed E-state index contributed by atoms with van der Waals surface area (Å²) in [6.45, 7) is 1.75. The molecule has 1 unspecified atom stereocenters. The summed E-state index contributed by atoms with van der Waals surface area (Å²) in [6.07, 6.45) is 1.82. The van der Waals surface area contributed by atoms with Crippen LogP contribution in [-0.2, 0) is 26.1 Å². The lowest BCUT2D eigenvalue weighted by Crippen LogP contribution is -2.29. The van der Waals surface area contributed by atoms with Crippen LogP contribution < -0.4 is 18.9 Å². The zero-order chi connectivity index (χ0) is 25.9. The fraction of sp³-hybridized carbons (Fsp3) is 0.242. The highest BCUT2D eigenvalue weighted by atomic mass is 16.5. The van der Waals surface area contributed by atoms with Gasteiger partial charge >= 0.3 is 0 Å². The number of fused-ring (bicyclic) bond motifs is 2. The normalized spacial score (nSPS) is 15.4. The minimum absolute atomic E-state index is 0.212. The van der Waals surface area contributed by atoms with Crippen LogP contribution in [0.5, 0.6) is 23.0 Å². The summed E-state index contributed by atoms with van der Waals surface area (Å²) < 4.78 is 23.8. The quantitative estimate of drug-likeness (QED) is 0.259. The van der Waals surface area contributed by atoms with Gasteiger partial charge in [-0.2, -0.15) is 0 Å². The third-order valence-electron chi connectivity index (χ3n) is 7.36. The van der Waals surface area contributed by atoms with Crippen LogP contribution in [0.3, 0.4) is 0 Å². The Balaban J connectivity index is 1.27. The van der Waals surface area contributed by atoms with Gasteiger partial charge in [-0.05, 0) is 64.9 Å². The molecule has 1 aliphatic heterocycles. The molecule has 0 aromatic heterocycles. The Labute approximate surface area is 223 Å². The maximum Gasteiger partial charge on any atom is 0.162 e. The highest BCUT2D eigenvalue weighted by Gasteiger charge is 2.35. The van der Waals surface area contributed by atoms with Crippen molar-refractivity contribution < 1.29 is 18.9 Å². The van der Waals surface area contributed by atoms with Crippen molar-refractivity contribution in [1.29, 1.82) is 0 Å². The van der Waals surface area contributed by atoms with Crippen molar-refractivity contribution in [2.75, 3.05) is 20.8 Å². The largest absolute Gasteiger partial charge is 0.493 e. The predicted molar refractivity (Wildman–Crippen MR) is 149 cm³/mol. The van der Waals surface area contributed by atoms with Crippen molar-refractivity contribution in [3.8, 4) is 23.0 Å². The Bertz CT molecular complexity index is 1460. The van der Waals surface area contributed by atoms with Gasteiger partial charge in [0.2, 0.25) is 0 Å². The summed E-state index contributed by atoms with van der Waals surface area (Å²) in [6, 6.07) is 28.8. The molecule has 0 amide bonds. The van der Waals surface area contributed by atoms with Crippen LogP contribution in [0.1, 0.15) is 39.3 Å². The minimum Gasteiger partial charge on any atom is -0.493 e. The second kappa shape index (κ2) is 10.6. The van der Waals surface area contributed by atoms with Gasteiger partial charge in [-0.3, -0.25) is 4.99 Å². The molecule has 192 valence electrons. The van der Waals surface area contributed by atoms with E-state index < -0.39 is 0 Å². The molecule has 2 aliphatic rings. The molecule has 0 spiro atoms. The average Bonchev–Trinajstić information content (AvgIpc) is 2.96. The van der Waals surface area contributed by atoms with Gasteiger partial charge in [0.15, 0.2) is 23.0 Å². The Morgan fingerprint density at radius 2 is 1.26 bits per heavy atom. The summed E-state index contributed by atoms with van der Waals surface area (Å²) in [4.78, 5) is 5.02. The van der Waals surface area contributed by atoms with E-state index >= 15 is 0 Å². The Kier molecular flexibility index (Phi) is 6.74. The van der Waals surface area contributed by atoms with Gasteiger partial charge in [0.05, 0.1) is 19.9 Å². The molecule has 1 aliphatic carbocycles. The first-order chi connectivity index (χ1) is 18.7. The molecular formula is C33H31NO4. The van der Waals surface area contributed by atoms with E-state index in [-0.39, 0.29) is 5.92 Å². The van der Waals surface area contributed by atoms with E-state index in [1.807, 2.05) is 36.4 Å². The van der Waals surface area contributed by atoms with E-state index in [0.29, 0.717) is 13.2 Å². The maximum atomic E-state index is 6.24. The molecule has 38 heavy (non-hydrogen) atoms. The summed E-state index contributed by atoms with van der Waals surface area (Å²) in [5, 5.41) is 0. The monoisotopic (exact) mass is 505 g/mol. The number of ether oxygens (including phenoxy) is 4. The molecular weight excluding hydrogens is 474 g/mol. The zero-order valence-corrected chi connectivity index (χ0v) is 21.8. The molecule has 1 heterocycles. The number of nitrogens with zero attached hydrogens (tertiary/aromatic N) is 1. The van der Waals surface area contributed by atoms with Crippen LogP contribution in [0.4, 0.5) is 0 Å². The lowest BCUT2D eigenvalue weighted by atomic mass is 9.71. The van der Waals surface area contributed by atoms with Gasteiger partial charge in [0.25, 0.3) is 0 Å². The zero-order valence-electron chi connectivity index (χ0n) is 21.8. The second-order valence-corrected chi connectivity index (χ2v) is 9.68. The third-order valence-corrected chi connectivity index (χ3v) is 7.36. The van der Waals surface area contributed by atoms with Gasteiger partial charge in [0.1, 0.15) is 13.2 Å². The molecule has 5 nitrogen and oxygen atoms in total. The van der Waals surface area contributed by atoms with Crippen LogP contribution >= 0.6 is 0 Å². The van der Waals surface area contributed by atoms with E-state index in [1.54, 1.807) is 14.2 Å². The molecule has 0 saturated carbocycles. The van der Waals surface area contributed by atoms with Gasteiger partial charge in [-0.25, -0.2) is 0 Å². The Morgan fingerprint density at radius 1 is 0.684 bits per heavy atom. The molecule has 1 atom stereocenters. The number of aliphatic imine (C=N–C) groups is 1. The van der Waals surface area contributed by atoms with Gasteiger partial charge < -0.3 is 18.9 Å². The van der Waals surface area contributed by atoms with Crippen molar-refractivity contribution in [3.05, 3.63) is 118 Å². The third kappa shape index (κ3) is 4.72. The van der Waals surface area contributed by atoms with E-state index in [4.69, 9.17) is 23.9 Å². The standard InChI is InChI=1S/C33H31NO4/c1-35-29-16-24-13-14-34-33(27(24)19-32(29)38-21-23-11-7-4-8-12-23)28-15-25-17-30(36-2)31(18-26(25)28)37-20-22-9-5-3-6-10-22/h3-12,16-19,28H,13-15,20-21H2,1-2H3. The van der Waals surface area contributed by atoms with E-state index in [1.165, 1.54) is 16.7 Å². The molecule has 6 rings (SSSR count). The van der Waals surface area contributed by atoms with Crippen molar-refractivity contribution >= 4 is 5.71 Å². The van der Waals surface area contributed by atoms with Crippen LogP contribution in [0.15, 0.2) is 89.9 Å². The van der Waals surface area contributed by atoms with Crippen molar-refractivity contribution in [3.63, 3.8) is 0 Å². The molecule has 0 N–H and O–H groups in total. The number of hydrogen-bond acceptors (Lipinski definition) is 5. The number of rotatable bonds is 9. The molecule has 5 heteroatoms. The second-order valence-electron chi connectivity index (χ2n) is 9.68. The van der Waals surface area contributed by atoms with Gasteiger partial charge in [-0.15, -0.1) is 0 Å². The fourth-order valence-corrected chi connectivity index (χ4v) is 5.30. The molecule has 0 radical (unpaired) electrons. The minimum atomic E-state index is 0.212. The van der Waals surface area contributed by atoms with Gasteiger partial charge in [-0.1, -0.05) is 60.7 Å². The van der Waals surface area contributed by atoms with Crippen LogP contribution in [-0.4, -0.2) is 26.5 Å². The lowest BCUT2D eigenvalue weighted by Gasteiger charge is -2.34. The Hall–Kier alpha value is -4.25. The summed E-state index contributed by atoms with van der Waals surface area (Å²) >= 11 is 0. The summed E-state index contributed by atoms with van der Waals surface area (Å²) in [5.74, 6) is 3.25. The molecule has 0 bridgehead atoms. The van der Waals surface area contributed by atoms with Crippen molar-refractivity contribution in [2.24, 2.45) is 4.99 Å². The highest BCUT2D eigenvalue weighted by molar-refractivity contribution is 6.09. The molecule has 0 fully saturated rings. The first-order valence-electron chi connectivity index (χ1n) is 13.0. The lowest BCUT2D eigenvalue weighted by molar-refractivity contribution is 0.283. The van der Waals surface area contributed by atoms with Crippen molar-refractivity contribution in [2.45, 2.75) is 32.0 Å². The summed E-state index contributed by atoms with van der Waals surface area (Å²) in [5.41, 5.74) is 8.29. The highest BCUT2D eigenvalue weighted by Crippen LogP contribution is 2.46. The van der Waals surface area contributed by atoms with Gasteiger partial charge in [0, 0.05) is 18.0 Å². The number of methoxy groups -OCH3 is 2. The van der Waals surface area contributed by atoms with Crippen LogP contribution in [0.25, 0.3) is 0 Å². The molecule has 4 aromatic rings.